The van der Waals surface area contributed by atoms with Gasteiger partial charge in [0.15, 0.2) is 0 Å². The van der Waals surface area contributed by atoms with E-state index in [0.29, 0.717) is 17.1 Å². The van der Waals surface area contributed by atoms with Crippen molar-refractivity contribution < 1.29 is 4.79 Å². The number of rotatable bonds is 5. The van der Waals surface area contributed by atoms with E-state index in [1.165, 1.54) is 0 Å². The summed E-state index contributed by atoms with van der Waals surface area (Å²) < 4.78 is 0. The van der Waals surface area contributed by atoms with Gasteiger partial charge >= 0.3 is 0 Å². The van der Waals surface area contributed by atoms with E-state index < -0.39 is 0 Å². The molecule has 0 heterocycles. The SMILES string of the molecule is CC(Br)CC(=O)Nc1ccc(Cl)cc1Nc1ccccc1. The van der Waals surface area contributed by atoms with E-state index in [0.717, 1.165) is 11.4 Å². The van der Waals surface area contributed by atoms with Crippen LogP contribution in [0.25, 0.3) is 0 Å². The van der Waals surface area contributed by atoms with Gasteiger partial charge in [-0.1, -0.05) is 52.7 Å². The molecule has 0 saturated heterocycles. The predicted octanol–water partition coefficient (Wildman–Crippen LogP) is 5.20. The first-order valence-corrected chi connectivity index (χ1v) is 7.89. The molecule has 1 unspecified atom stereocenters. The van der Waals surface area contributed by atoms with Crippen molar-refractivity contribution in [3.63, 3.8) is 0 Å². The summed E-state index contributed by atoms with van der Waals surface area (Å²) in [5.41, 5.74) is 2.41. The first kappa shape index (κ1) is 15.9. The van der Waals surface area contributed by atoms with Crippen molar-refractivity contribution in [2.75, 3.05) is 10.6 Å². The Morgan fingerprint density at radius 3 is 2.57 bits per heavy atom. The van der Waals surface area contributed by atoms with Gasteiger partial charge in [0.25, 0.3) is 0 Å². The van der Waals surface area contributed by atoms with Crippen molar-refractivity contribution in [3.8, 4) is 0 Å². The maximum atomic E-state index is 11.9. The van der Waals surface area contributed by atoms with Crippen molar-refractivity contribution in [3.05, 3.63) is 53.6 Å². The number of carbonyl (C=O) groups is 1. The summed E-state index contributed by atoms with van der Waals surface area (Å²) in [4.78, 5) is 12.0. The van der Waals surface area contributed by atoms with Crippen LogP contribution in [0, 0.1) is 0 Å². The molecular formula is C16H16BrClN2O. The zero-order chi connectivity index (χ0) is 15.2. The van der Waals surface area contributed by atoms with Gasteiger partial charge in [-0.2, -0.15) is 0 Å². The van der Waals surface area contributed by atoms with Crippen LogP contribution in [0.15, 0.2) is 48.5 Å². The third kappa shape index (κ3) is 5.06. The Hall–Kier alpha value is -1.52. The van der Waals surface area contributed by atoms with Crippen molar-refractivity contribution >= 4 is 50.5 Å². The van der Waals surface area contributed by atoms with E-state index in [4.69, 9.17) is 11.6 Å². The number of anilines is 3. The molecule has 0 aromatic heterocycles. The lowest BCUT2D eigenvalue weighted by atomic mass is 10.2. The fourth-order valence-electron chi connectivity index (χ4n) is 1.86. The number of nitrogens with one attached hydrogen (secondary N) is 2. The third-order valence-electron chi connectivity index (χ3n) is 2.78. The summed E-state index contributed by atoms with van der Waals surface area (Å²) in [7, 11) is 0. The van der Waals surface area contributed by atoms with Gasteiger partial charge in [-0.05, 0) is 30.3 Å². The monoisotopic (exact) mass is 366 g/mol. The number of para-hydroxylation sites is 1. The van der Waals surface area contributed by atoms with Gasteiger partial charge in [-0.15, -0.1) is 0 Å². The molecule has 0 radical (unpaired) electrons. The normalized spacial score (nSPS) is 11.8. The number of hydrogen-bond acceptors (Lipinski definition) is 2. The van der Waals surface area contributed by atoms with Crippen molar-refractivity contribution in [2.24, 2.45) is 0 Å². The molecule has 2 rings (SSSR count). The summed E-state index contributed by atoms with van der Waals surface area (Å²) in [5, 5.41) is 6.77. The molecule has 2 aromatic carbocycles. The highest BCUT2D eigenvalue weighted by molar-refractivity contribution is 9.09. The molecule has 2 aromatic rings. The minimum atomic E-state index is -0.0437. The summed E-state index contributed by atoms with van der Waals surface area (Å²) >= 11 is 9.42. The molecule has 0 saturated carbocycles. The molecule has 3 nitrogen and oxygen atoms in total. The lowest BCUT2D eigenvalue weighted by Gasteiger charge is -2.14. The molecule has 0 aliphatic rings. The van der Waals surface area contributed by atoms with Gasteiger partial charge in [0.2, 0.25) is 5.91 Å². The number of benzene rings is 2. The smallest absolute Gasteiger partial charge is 0.225 e. The van der Waals surface area contributed by atoms with Crippen LogP contribution in [-0.4, -0.2) is 10.7 Å². The second-order valence-electron chi connectivity index (χ2n) is 4.71. The number of alkyl halides is 1. The number of halogens is 2. The van der Waals surface area contributed by atoms with Crippen LogP contribution in [0.2, 0.25) is 5.02 Å². The van der Waals surface area contributed by atoms with Crippen LogP contribution >= 0.6 is 27.5 Å². The molecule has 5 heteroatoms. The number of carbonyl (C=O) groups excluding carboxylic acids is 1. The van der Waals surface area contributed by atoms with Gasteiger partial charge in [0.05, 0.1) is 11.4 Å². The van der Waals surface area contributed by atoms with Gasteiger partial charge in [-0.25, -0.2) is 0 Å². The Kier molecular flexibility index (Phi) is 5.65. The highest BCUT2D eigenvalue weighted by Gasteiger charge is 2.10. The largest absolute Gasteiger partial charge is 0.354 e. The van der Waals surface area contributed by atoms with Crippen LogP contribution in [0.5, 0.6) is 0 Å². The van der Waals surface area contributed by atoms with Gasteiger partial charge in [-0.3, -0.25) is 4.79 Å². The fourth-order valence-corrected chi connectivity index (χ4v) is 2.33. The Labute approximate surface area is 137 Å². The molecule has 0 aliphatic carbocycles. The number of amides is 1. The van der Waals surface area contributed by atoms with E-state index in [1.54, 1.807) is 18.2 Å². The van der Waals surface area contributed by atoms with Crippen LogP contribution in [0.3, 0.4) is 0 Å². The topological polar surface area (TPSA) is 41.1 Å². The maximum Gasteiger partial charge on any atom is 0.225 e. The van der Waals surface area contributed by atoms with Gasteiger partial charge in [0, 0.05) is 22.0 Å². The van der Waals surface area contributed by atoms with Crippen LogP contribution in [0.4, 0.5) is 17.1 Å². The van der Waals surface area contributed by atoms with Gasteiger partial charge in [0.1, 0.15) is 0 Å². The number of hydrogen-bond donors (Lipinski definition) is 2. The first-order chi connectivity index (χ1) is 10.0. The van der Waals surface area contributed by atoms with E-state index in [2.05, 4.69) is 26.6 Å². The van der Waals surface area contributed by atoms with Gasteiger partial charge < -0.3 is 10.6 Å². The summed E-state index contributed by atoms with van der Waals surface area (Å²) in [6, 6.07) is 15.1. The Morgan fingerprint density at radius 1 is 1.19 bits per heavy atom. The molecule has 0 bridgehead atoms. The average Bonchev–Trinajstić information content (AvgIpc) is 2.42. The van der Waals surface area contributed by atoms with E-state index in [1.807, 2.05) is 37.3 Å². The van der Waals surface area contributed by atoms with Crippen molar-refractivity contribution in [1.82, 2.24) is 0 Å². The Balaban J connectivity index is 2.19. The minimum absolute atomic E-state index is 0.0437. The summed E-state index contributed by atoms with van der Waals surface area (Å²) in [6.07, 6.45) is 0.410. The summed E-state index contributed by atoms with van der Waals surface area (Å²) in [5.74, 6) is -0.0437. The minimum Gasteiger partial charge on any atom is -0.354 e. The van der Waals surface area contributed by atoms with E-state index in [-0.39, 0.29) is 10.7 Å². The molecule has 0 spiro atoms. The quantitative estimate of drug-likeness (QED) is 0.714. The molecule has 110 valence electrons. The fraction of sp³-hybridized carbons (Fsp3) is 0.188. The van der Waals surface area contributed by atoms with Crippen LogP contribution < -0.4 is 10.6 Å². The predicted molar refractivity (Wildman–Crippen MR) is 92.8 cm³/mol. The van der Waals surface area contributed by atoms with Crippen molar-refractivity contribution in [1.29, 1.82) is 0 Å². The molecule has 1 amide bonds. The lowest BCUT2D eigenvalue weighted by Crippen LogP contribution is -2.15. The highest BCUT2D eigenvalue weighted by Crippen LogP contribution is 2.29. The zero-order valence-electron chi connectivity index (χ0n) is 11.6. The van der Waals surface area contributed by atoms with E-state index in [9.17, 15) is 4.79 Å². The zero-order valence-corrected chi connectivity index (χ0v) is 13.9. The summed E-state index contributed by atoms with van der Waals surface area (Å²) in [6.45, 7) is 1.94. The first-order valence-electron chi connectivity index (χ1n) is 6.60. The third-order valence-corrected chi connectivity index (χ3v) is 3.33. The van der Waals surface area contributed by atoms with Crippen molar-refractivity contribution in [2.45, 2.75) is 18.2 Å². The molecule has 0 aliphatic heterocycles. The van der Waals surface area contributed by atoms with E-state index >= 15 is 0 Å². The maximum absolute atomic E-state index is 11.9. The highest BCUT2D eigenvalue weighted by atomic mass is 79.9. The Bertz CT molecular complexity index is 617. The van der Waals surface area contributed by atoms with Crippen LogP contribution in [-0.2, 0) is 4.79 Å². The van der Waals surface area contributed by atoms with Crippen LogP contribution in [0.1, 0.15) is 13.3 Å². The Morgan fingerprint density at radius 2 is 1.90 bits per heavy atom. The standard InChI is InChI=1S/C16H16BrClN2O/c1-11(17)9-16(21)20-14-8-7-12(18)10-15(14)19-13-5-3-2-4-6-13/h2-8,10-11,19H,9H2,1H3,(H,20,21). The second kappa shape index (κ2) is 7.48. The average molecular weight is 368 g/mol. The molecule has 0 fully saturated rings. The molecule has 21 heavy (non-hydrogen) atoms. The second-order valence-corrected chi connectivity index (χ2v) is 6.71. The molecule has 1 atom stereocenters. The molecular weight excluding hydrogens is 352 g/mol. The molecule has 2 N–H and O–H groups in total. The lowest BCUT2D eigenvalue weighted by molar-refractivity contribution is -0.116.